The number of hydrogen-bond donors (Lipinski definition) is 0. The fourth-order valence-corrected chi connectivity index (χ4v) is 1.42. The molecule has 1 aromatic carbocycles. The van der Waals surface area contributed by atoms with E-state index in [2.05, 4.69) is 9.97 Å². The second-order valence-electron chi connectivity index (χ2n) is 3.23. The molecule has 0 unspecified atom stereocenters. The third kappa shape index (κ3) is 1.84. The van der Waals surface area contributed by atoms with Crippen molar-refractivity contribution >= 4 is 0 Å². The first-order valence-electron chi connectivity index (χ1n) is 4.59. The molecule has 0 radical (unpaired) electrons. The number of benzene rings is 1. The SMILES string of the molecule is Cc1cccc(-c2nccnc2C#N)c1. The Kier molecular flexibility index (Phi) is 2.42. The third-order valence-corrected chi connectivity index (χ3v) is 2.10. The number of hydrogen-bond acceptors (Lipinski definition) is 3. The first kappa shape index (κ1) is 9.35. The molecule has 0 bridgehead atoms. The van der Waals surface area contributed by atoms with E-state index in [4.69, 9.17) is 5.26 Å². The predicted molar refractivity (Wildman–Crippen MR) is 56.9 cm³/mol. The Morgan fingerprint density at radius 2 is 2.00 bits per heavy atom. The number of aryl methyl sites for hydroxylation is 1. The van der Waals surface area contributed by atoms with Crippen LogP contribution in [0.25, 0.3) is 11.3 Å². The Balaban J connectivity index is 2.60. The Hall–Kier alpha value is -2.21. The Labute approximate surface area is 88.1 Å². The summed E-state index contributed by atoms with van der Waals surface area (Å²) in [6.45, 7) is 2.01. The van der Waals surface area contributed by atoms with Crippen LogP contribution >= 0.6 is 0 Å². The van der Waals surface area contributed by atoms with E-state index in [-0.39, 0.29) is 0 Å². The van der Waals surface area contributed by atoms with Crippen LogP contribution in [-0.2, 0) is 0 Å². The lowest BCUT2D eigenvalue weighted by molar-refractivity contribution is 1.17. The summed E-state index contributed by atoms with van der Waals surface area (Å²) < 4.78 is 0. The molecule has 1 heterocycles. The summed E-state index contributed by atoms with van der Waals surface area (Å²) in [4.78, 5) is 8.16. The normalized spacial score (nSPS) is 9.60. The standard InChI is InChI=1S/C12H9N3/c1-9-3-2-4-10(7-9)12-11(8-13)14-5-6-15-12/h2-7H,1H3. The smallest absolute Gasteiger partial charge is 0.166 e. The molecule has 15 heavy (non-hydrogen) atoms. The summed E-state index contributed by atoms with van der Waals surface area (Å²) >= 11 is 0. The van der Waals surface area contributed by atoms with Gasteiger partial charge in [-0.25, -0.2) is 4.98 Å². The van der Waals surface area contributed by atoms with Gasteiger partial charge in [0.2, 0.25) is 0 Å². The Morgan fingerprint density at radius 1 is 1.20 bits per heavy atom. The quantitative estimate of drug-likeness (QED) is 0.701. The molecule has 0 aliphatic carbocycles. The minimum Gasteiger partial charge on any atom is -0.252 e. The average molecular weight is 195 g/mol. The van der Waals surface area contributed by atoms with Gasteiger partial charge in [0.25, 0.3) is 0 Å². The molecule has 0 aliphatic rings. The van der Waals surface area contributed by atoms with E-state index < -0.39 is 0 Å². The maximum absolute atomic E-state index is 8.90. The van der Waals surface area contributed by atoms with Gasteiger partial charge >= 0.3 is 0 Å². The van der Waals surface area contributed by atoms with E-state index in [1.165, 1.54) is 6.20 Å². The number of aromatic nitrogens is 2. The van der Waals surface area contributed by atoms with Crippen molar-refractivity contribution in [3.8, 4) is 17.3 Å². The fourth-order valence-electron chi connectivity index (χ4n) is 1.42. The van der Waals surface area contributed by atoms with Crippen LogP contribution in [0, 0.1) is 18.3 Å². The highest BCUT2D eigenvalue weighted by atomic mass is 14.8. The Morgan fingerprint density at radius 3 is 2.73 bits per heavy atom. The van der Waals surface area contributed by atoms with Crippen molar-refractivity contribution < 1.29 is 0 Å². The first-order valence-corrected chi connectivity index (χ1v) is 4.59. The Bertz CT molecular complexity index is 526. The number of nitriles is 1. The number of rotatable bonds is 1. The molecule has 3 heteroatoms. The van der Waals surface area contributed by atoms with Crippen LogP contribution in [0.1, 0.15) is 11.3 Å². The lowest BCUT2D eigenvalue weighted by Gasteiger charge is -2.02. The molecule has 2 aromatic rings. The van der Waals surface area contributed by atoms with Crippen LogP contribution in [0.15, 0.2) is 36.7 Å². The molecule has 3 nitrogen and oxygen atoms in total. The molecular weight excluding hydrogens is 186 g/mol. The molecule has 0 N–H and O–H groups in total. The highest BCUT2D eigenvalue weighted by Crippen LogP contribution is 2.19. The zero-order valence-electron chi connectivity index (χ0n) is 8.31. The molecule has 2 rings (SSSR count). The molecule has 0 amide bonds. The van der Waals surface area contributed by atoms with Gasteiger partial charge in [0.05, 0.1) is 0 Å². The van der Waals surface area contributed by atoms with Crippen molar-refractivity contribution in [2.45, 2.75) is 6.92 Å². The maximum atomic E-state index is 8.90. The van der Waals surface area contributed by atoms with Gasteiger partial charge in [-0.15, -0.1) is 0 Å². The summed E-state index contributed by atoms with van der Waals surface area (Å²) in [6, 6.07) is 9.91. The van der Waals surface area contributed by atoms with Gasteiger partial charge in [0, 0.05) is 18.0 Å². The van der Waals surface area contributed by atoms with Crippen LogP contribution in [0.4, 0.5) is 0 Å². The topological polar surface area (TPSA) is 49.6 Å². The van der Waals surface area contributed by atoms with Crippen molar-refractivity contribution in [3.63, 3.8) is 0 Å². The monoisotopic (exact) mass is 195 g/mol. The summed E-state index contributed by atoms with van der Waals surface area (Å²) in [6.07, 6.45) is 3.12. The summed E-state index contributed by atoms with van der Waals surface area (Å²) in [5.41, 5.74) is 3.08. The van der Waals surface area contributed by atoms with Crippen LogP contribution in [0.5, 0.6) is 0 Å². The summed E-state index contributed by atoms with van der Waals surface area (Å²) in [5.74, 6) is 0. The van der Waals surface area contributed by atoms with Gasteiger partial charge in [-0.05, 0) is 13.0 Å². The summed E-state index contributed by atoms with van der Waals surface area (Å²) in [7, 11) is 0. The zero-order chi connectivity index (χ0) is 10.7. The van der Waals surface area contributed by atoms with E-state index in [0.717, 1.165) is 11.1 Å². The van der Waals surface area contributed by atoms with Crippen LogP contribution in [0.3, 0.4) is 0 Å². The second kappa shape index (κ2) is 3.89. The molecule has 0 saturated heterocycles. The van der Waals surface area contributed by atoms with E-state index in [1.807, 2.05) is 37.3 Å². The van der Waals surface area contributed by atoms with E-state index in [1.54, 1.807) is 6.20 Å². The van der Waals surface area contributed by atoms with Gasteiger partial charge in [0.1, 0.15) is 11.8 Å². The van der Waals surface area contributed by atoms with Crippen molar-refractivity contribution in [2.24, 2.45) is 0 Å². The fraction of sp³-hybridized carbons (Fsp3) is 0.0833. The van der Waals surface area contributed by atoms with Gasteiger partial charge in [-0.2, -0.15) is 5.26 Å². The number of nitrogens with zero attached hydrogens (tertiary/aromatic N) is 3. The van der Waals surface area contributed by atoms with Crippen molar-refractivity contribution in [2.75, 3.05) is 0 Å². The van der Waals surface area contributed by atoms with Crippen molar-refractivity contribution in [3.05, 3.63) is 47.9 Å². The molecule has 0 atom stereocenters. The molecule has 0 saturated carbocycles. The van der Waals surface area contributed by atoms with E-state index >= 15 is 0 Å². The molecule has 1 aromatic heterocycles. The van der Waals surface area contributed by atoms with E-state index in [9.17, 15) is 0 Å². The van der Waals surface area contributed by atoms with Crippen molar-refractivity contribution in [1.82, 2.24) is 9.97 Å². The van der Waals surface area contributed by atoms with Gasteiger partial charge in [-0.3, -0.25) is 4.98 Å². The summed E-state index contributed by atoms with van der Waals surface area (Å²) in [5, 5.41) is 8.90. The molecule has 0 spiro atoms. The van der Waals surface area contributed by atoms with E-state index in [0.29, 0.717) is 11.4 Å². The van der Waals surface area contributed by atoms with Crippen LogP contribution in [-0.4, -0.2) is 9.97 Å². The van der Waals surface area contributed by atoms with Gasteiger partial charge in [0.15, 0.2) is 5.69 Å². The molecular formula is C12H9N3. The lowest BCUT2D eigenvalue weighted by Crippen LogP contribution is -1.91. The molecule has 0 fully saturated rings. The van der Waals surface area contributed by atoms with Gasteiger partial charge in [-0.1, -0.05) is 23.8 Å². The predicted octanol–water partition coefficient (Wildman–Crippen LogP) is 2.32. The van der Waals surface area contributed by atoms with Crippen LogP contribution < -0.4 is 0 Å². The van der Waals surface area contributed by atoms with Crippen molar-refractivity contribution in [1.29, 1.82) is 5.26 Å². The highest BCUT2D eigenvalue weighted by molar-refractivity contribution is 5.64. The van der Waals surface area contributed by atoms with Crippen LogP contribution in [0.2, 0.25) is 0 Å². The average Bonchev–Trinajstić information content (AvgIpc) is 2.29. The minimum atomic E-state index is 0.364. The largest absolute Gasteiger partial charge is 0.252 e. The maximum Gasteiger partial charge on any atom is 0.166 e. The highest BCUT2D eigenvalue weighted by Gasteiger charge is 2.06. The zero-order valence-corrected chi connectivity index (χ0v) is 8.31. The lowest BCUT2D eigenvalue weighted by atomic mass is 10.1. The minimum absolute atomic E-state index is 0.364. The molecule has 0 aliphatic heterocycles. The van der Waals surface area contributed by atoms with Gasteiger partial charge < -0.3 is 0 Å². The third-order valence-electron chi connectivity index (χ3n) is 2.10. The second-order valence-corrected chi connectivity index (χ2v) is 3.23. The first-order chi connectivity index (χ1) is 7.31. The molecule has 72 valence electrons.